The Morgan fingerprint density at radius 1 is 0.761 bits per heavy atom. The second kappa shape index (κ2) is 11.0. The number of imidazole rings is 2. The largest absolute Gasteiger partial charge is 0.472 e. The molecule has 0 radical (unpaired) electrons. The summed E-state index contributed by atoms with van der Waals surface area (Å²) in [5.74, 6) is -0.561. The van der Waals surface area contributed by atoms with Crippen molar-refractivity contribution in [3.63, 3.8) is 0 Å². The van der Waals surface area contributed by atoms with Gasteiger partial charge in [-0.05, 0) is 0 Å². The number of rotatable bonds is 2. The van der Waals surface area contributed by atoms with Gasteiger partial charge in [-0.3, -0.25) is 46.8 Å². The number of hydrogen-bond acceptors (Lipinski definition) is 18. The molecule has 0 saturated carbocycles. The van der Waals surface area contributed by atoms with Crippen LogP contribution < -0.4 is 22.6 Å². The fraction of sp³-hybridized carbons (Fsp3) is 0.500. The van der Waals surface area contributed by atoms with Gasteiger partial charge in [0.15, 0.2) is 34.8 Å². The fourth-order valence-corrected chi connectivity index (χ4v) is 7.32. The molecule has 7 heterocycles. The van der Waals surface area contributed by atoms with Gasteiger partial charge in [-0.15, -0.1) is 0 Å². The Labute approximate surface area is 253 Å². The summed E-state index contributed by atoms with van der Waals surface area (Å²) in [4.78, 5) is 65.9. The predicted molar refractivity (Wildman–Crippen MR) is 146 cm³/mol. The summed E-state index contributed by atoms with van der Waals surface area (Å²) in [6.45, 7) is -1.74. The van der Waals surface area contributed by atoms with Gasteiger partial charge in [-0.1, -0.05) is 0 Å². The van der Waals surface area contributed by atoms with Crippen molar-refractivity contribution in [3.05, 3.63) is 33.4 Å². The highest BCUT2D eigenvalue weighted by atomic mass is 31.2. The van der Waals surface area contributed by atoms with Crippen molar-refractivity contribution in [2.75, 3.05) is 24.7 Å². The van der Waals surface area contributed by atoms with Crippen molar-refractivity contribution in [1.82, 2.24) is 39.0 Å². The first-order valence-electron chi connectivity index (χ1n) is 13.1. The molecule has 0 aromatic carbocycles. The van der Waals surface area contributed by atoms with E-state index in [1.807, 2.05) is 0 Å². The number of nitrogens with two attached hydrogens (primary N) is 2. The Bertz CT molecular complexity index is 1900. The number of phosphoric ester groups is 2. The minimum absolute atomic E-state index is 0.121. The molecular weight excluding hydrogens is 672 g/mol. The summed E-state index contributed by atoms with van der Waals surface area (Å²) >= 11 is 0. The summed E-state index contributed by atoms with van der Waals surface area (Å²) in [5.41, 5.74) is 9.28. The third-order valence-electron chi connectivity index (χ3n) is 7.38. The van der Waals surface area contributed by atoms with Gasteiger partial charge in [0.1, 0.15) is 36.6 Å². The van der Waals surface area contributed by atoms with E-state index in [1.165, 1.54) is 0 Å². The molecule has 10 N–H and O–H groups in total. The first kappa shape index (κ1) is 31.0. The van der Waals surface area contributed by atoms with Gasteiger partial charge in [0.2, 0.25) is 11.9 Å². The van der Waals surface area contributed by atoms with Gasteiger partial charge in [-0.2, -0.15) is 9.97 Å². The molecule has 0 aliphatic carbocycles. The van der Waals surface area contributed by atoms with Crippen LogP contribution in [0.25, 0.3) is 22.3 Å². The van der Waals surface area contributed by atoms with E-state index in [-0.39, 0.29) is 34.2 Å². The highest BCUT2D eigenvalue weighted by Crippen LogP contribution is 2.53. The number of anilines is 2. The van der Waals surface area contributed by atoms with E-state index in [1.54, 1.807) is 0 Å². The lowest BCUT2D eigenvalue weighted by Crippen LogP contribution is -2.39. The Kier molecular flexibility index (Phi) is 7.39. The van der Waals surface area contributed by atoms with Crippen LogP contribution in [0.3, 0.4) is 0 Å². The van der Waals surface area contributed by atoms with Crippen LogP contribution in [0.5, 0.6) is 0 Å². The van der Waals surface area contributed by atoms with Crippen molar-refractivity contribution in [2.24, 2.45) is 0 Å². The van der Waals surface area contributed by atoms with E-state index >= 15 is 0 Å². The van der Waals surface area contributed by atoms with Crippen LogP contribution in [0.2, 0.25) is 0 Å². The summed E-state index contributed by atoms with van der Waals surface area (Å²) in [5, 5.41) is 22.2. The third kappa shape index (κ3) is 5.33. The smallest absolute Gasteiger partial charge is 0.386 e. The van der Waals surface area contributed by atoms with Gasteiger partial charge in [0.05, 0.1) is 25.9 Å². The van der Waals surface area contributed by atoms with Crippen LogP contribution in [0.4, 0.5) is 11.9 Å². The molecule has 26 heteroatoms. The van der Waals surface area contributed by atoms with Crippen LogP contribution in [0, 0.1) is 0 Å². The number of aromatic nitrogens is 8. The van der Waals surface area contributed by atoms with Gasteiger partial charge < -0.3 is 40.9 Å². The number of nitrogen functional groups attached to an aromatic ring is 2. The quantitative estimate of drug-likeness (QED) is 0.0762. The van der Waals surface area contributed by atoms with Crippen LogP contribution in [-0.4, -0.2) is 109 Å². The number of fused-ring (bicyclic) bond motifs is 4. The molecule has 0 bridgehead atoms. The van der Waals surface area contributed by atoms with E-state index in [0.29, 0.717) is 0 Å². The first-order valence-corrected chi connectivity index (χ1v) is 16.1. The van der Waals surface area contributed by atoms with Gasteiger partial charge in [0, 0.05) is 0 Å². The number of aliphatic hydroxyl groups is 2. The van der Waals surface area contributed by atoms with E-state index < -0.39 is 89.1 Å². The molecule has 46 heavy (non-hydrogen) atoms. The minimum Gasteiger partial charge on any atom is -0.386 e. The van der Waals surface area contributed by atoms with Crippen LogP contribution in [-0.2, 0) is 36.7 Å². The topological polar surface area (TPSA) is 350 Å². The molecule has 3 aliphatic heterocycles. The SMILES string of the molecule is [15NH2][13c]1[nH]c(=O)c2ncn([C@@H]3O[C@@H]4COP(=O)(O)O[C@H]5[C@@H](O)[C@H](n6cnc7c(=O)[nH][13c]([15NH2])[15n]c76)O[C@@H]5COP(=O)(O)O[C@H]4[C@H]3O)c2[15n]1. The van der Waals surface area contributed by atoms with Crippen molar-refractivity contribution in [3.8, 4) is 0 Å². The highest BCUT2D eigenvalue weighted by molar-refractivity contribution is 7.47. The molecule has 3 aliphatic rings. The first-order chi connectivity index (χ1) is 21.7. The number of H-pyrrole nitrogens is 2. The Morgan fingerprint density at radius 3 is 1.54 bits per heavy atom. The summed E-state index contributed by atoms with van der Waals surface area (Å²) in [6, 6.07) is 0. The molecular formula is C20H24N10O14P2. The van der Waals surface area contributed by atoms with E-state index in [2.05, 4.69) is 29.9 Å². The Balaban J connectivity index is 1.18. The highest BCUT2D eigenvalue weighted by Gasteiger charge is 2.54. The number of nitrogens with one attached hydrogen (secondary N) is 2. The summed E-state index contributed by atoms with van der Waals surface area (Å²) in [6.07, 6.45) is -10.9. The Hall–Kier alpha value is -3.64. The second-order valence-corrected chi connectivity index (χ2v) is 13.1. The zero-order chi connectivity index (χ0) is 32.7. The van der Waals surface area contributed by atoms with Gasteiger partial charge in [-0.25, -0.2) is 19.1 Å². The molecule has 7 rings (SSSR count). The van der Waals surface area contributed by atoms with Crippen molar-refractivity contribution >= 4 is 49.9 Å². The molecule has 4 aromatic rings. The lowest BCUT2D eigenvalue weighted by molar-refractivity contribution is -0.0664. The Morgan fingerprint density at radius 2 is 1.15 bits per heavy atom. The molecule has 0 spiro atoms. The average molecular weight is 696 g/mol. The molecule has 24 nitrogen and oxygen atoms in total. The van der Waals surface area contributed by atoms with E-state index in [0.717, 1.165) is 21.8 Å². The third-order valence-corrected chi connectivity index (χ3v) is 9.35. The minimum atomic E-state index is -5.10. The number of ether oxygens (including phenoxy) is 2. The zero-order valence-electron chi connectivity index (χ0n) is 22.8. The van der Waals surface area contributed by atoms with Crippen molar-refractivity contribution in [1.29, 1.82) is 0 Å². The zero-order valence-corrected chi connectivity index (χ0v) is 24.6. The van der Waals surface area contributed by atoms with Gasteiger partial charge in [0.25, 0.3) is 11.1 Å². The second-order valence-electron chi connectivity index (χ2n) is 10.3. The number of hydrogen-bond donors (Lipinski definition) is 8. The molecule has 2 unspecified atom stereocenters. The van der Waals surface area contributed by atoms with E-state index in [9.17, 15) is 38.7 Å². The number of aromatic amines is 2. The maximum Gasteiger partial charge on any atom is 0.472 e. The maximum absolute atomic E-state index is 13.1. The van der Waals surface area contributed by atoms with Crippen LogP contribution in [0.1, 0.15) is 12.5 Å². The summed E-state index contributed by atoms with van der Waals surface area (Å²) in [7, 11) is -10.2. The van der Waals surface area contributed by atoms with Crippen molar-refractivity contribution < 1.29 is 56.7 Å². The lowest BCUT2D eigenvalue weighted by atomic mass is 10.1. The fourth-order valence-electron chi connectivity index (χ4n) is 5.39. The van der Waals surface area contributed by atoms with Gasteiger partial charge >= 0.3 is 15.6 Å². The standard InChI is InChI=1S/C20H24N10O14P2/c21-19-25-13-7(15(33)27-19)23-3-29(13)17-9(31)11-5(41-17)1-39-45(35,36)44-12-6(2-40-46(37,38)43-11)42-18(10(12)32)30-4-24-8-14(30)26-20(22)28-16(8)34/h3-6,9-12,17-18,31-32H,1-2H2,(H,35,36)(H,37,38)(H3,21,25,27,33)(H3,22,26,28,34)/t5-,6-,9-,10-,11-,12-,17-,18-/m1/s1/i19+1,20+1,21+1,22+1,25+1,26+1. The lowest BCUT2D eigenvalue weighted by Gasteiger charge is -2.27. The predicted octanol–water partition coefficient (Wildman–Crippen LogP) is -3.05. The van der Waals surface area contributed by atoms with Crippen molar-refractivity contribution in [2.45, 2.75) is 49.1 Å². The molecule has 10 atom stereocenters. The molecule has 248 valence electrons. The molecule has 3 saturated heterocycles. The average Bonchev–Trinajstić information content (AvgIpc) is 3.72. The van der Waals surface area contributed by atoms with Crippen LogP contribution in [0.15, 0.2) is 22.2 Å². The van der Waals surface area contributed by atoms with E-state index in [4.69, 9.17) is 39.0 Å². The van der Waals surface area contributed by atoms with Crippen LogP contribution >= 0.6 is 15.6 Å². The molecule has 4 aromatic heterocycles. The summed E-state index contributed by atoms with van der Waals surface area (Å²) < 4.78 is 60.5. The maximum atomic E-state index is 13.1. The number of nitrogens with zero attached hydrogens (tertiary/aromatic N) is 6. The monoisotopic (exact) mass is 696 g/mol. The normalized spacial score (nSPS) is 37.1. The number of aliphatic hydroxyl groups excluding tert-OH is 2. The number of phosphoric acid groups is 2. The molecule has 0 amide bonds. The molecule has 3 fully saturated rings.